The van der Waals surface area contributed by atoms with E-state index in [4.69, 9.17) is 14.0 Å². The van der Waals surface area contributed by atoms with Crippen LogP contribution in [-0.2, 0) is 18.8 Å². The fourth-order valence-electron chi connectivity index (χ4n) is 3.74. The lowest BCUT2D eigenvalue weighted by Gasteiger charge is -2.41. The number of anilines is 2. The van der Waals surface area contributed by atoms with Crippen molar-refractivity contribution in [2.75, 3.05) is 16.3 Å². The van der Waals surface area contributed by atoms with Gasteiger partial charge in [-0.2, -0.15) is 0 Å². The van der Waals surface area contributed by atoms with E-state index >= 15 is 0 Å². The van der Waals surface area contributed by atoms with Crippen LogP contribution in [0.4, 0.5) is 16.2 Å². The smallest absolute Gasteiger partial charge is 0.443 e. The van der Waals surface area contributed by atoms with Crippen LogP contribution in [0.2, 0.25) is 0 Å². The molecule has 8 heteroatoms. The van der Waals surface area contributed by atoms with Crippen molar-refractivity contribution >= 4 is 36.0 Å². The van der Waals surface area contributed by atoms with Crippen molar-refractivity contribution in [2.24, 2.45) is 0 Å². The van der Waals surface area contributed by atoms with Crippen molar-refractivity contribution in [3.63, 3.8) is 0 Å². The topological polar surface area (TPSA) is 68.3 Å². The Kier molecular flexibility index (Phi) is 5.48. The zero-order valence-electron chi connectivity index (χ0n) is 19.5. The van der Waals surface area contributed by atoms with E-state index in [9.17, 15) is 9.59 Å². The van der Waals surface area contributed by atoms with Gasteiger partial charge in [0.25, 0.3) is 0 Å². The summed E-state index contributed by atoms with van der Waals surface area (Å²) >= 11 is 0. The van der Waals surface area contributed by atoms with Crippen LogP contribution in [0.15, 0.2) is 18.2 Å². The van der Waals surface area contributed by atoms with E-state index in [0.717, 1.165) is 5.46 Å². The van der Waals surface area contributed by atoms with Gasteiger partial charge in [-0.3, -0.25) is 9.69 Å². The predicted molar refractivity (Wildman–Crippen MR) is 118 cm³/mol. The molecule has 1 atom stereocenters. The fourth-order valence-corrected chi connectivity index (χ4v) is 3.74. The van der Waals surface area contributed by atoms with Crippen molar-refractivity contribution in [1.82, 2.24) is 0 Å². The summed E-state index contributed by atoms with van der Waals surface area (Å²) in [7, 11) is -0.564. The van der Waals surface area contributed by atoms with Crippen LogP contribution in [0.3, 0.4) is 0 Å². The van der Waals surface area contributed by atoms with Gasteiger partial charge in [0.2, 0.25) is 5.91 Å². The normalized spacial score (nSPS) is 22.7. The highest BCUT2D eigenvalue weighted by Crippen LogP contribution is 2.39. The van der Waals surface area contributed by atoms with Crippen molar-refractivity contribution in [3.8, 4) is 0 Å². The minimum absolute atomic E-state index is 0.0732. The van der Waals surface area contributed by atoms with Crippen LogP contribution in [0, 0.1) is 0 Å². The molecule has 2 aliphatic heterocycles. The number of ether oxygens (including phenoxy) is 1. The number of amides is 2. The fraction of sp³-hybridized carbons (Fsp3) is 0.636. The van der Waals surface area contributed by atoms with Crippen LogP contribution < -0.4 is 15.3 Å². The highest BCUT2D eigenvalue weighted by Gasteiger charge is 2.52. The number of hydrogen-bond donors (Lipinski definition) is 0. The lowest BCUT2D eigenvalue weighted by Crippen LogP contribution is -2.53. The van der Waals surface area contributed by atoms with Gasteiger partial charge in [0, 0.05) is 13.5 Å². The molecular formula is C22H33BN2O5. The molecule has 1 fully saturated rings. The molecular weight excluding hydrogens is 383 g/mol. The lowest BCUT2D eigenvalue weighted by molar-refractivity contribution is -0.117. The SMILES string of the molecule is CC(=O)N1c2ccc(B3OC(C)(C)C(C)(C)O3)cc2N(C(=O)OC(C)(C)C)C[C@@H]1C. The molecule has 1 aromatic rings. The van der Waals surface area contributed by atoms with Crippen LogP contribution in [0.1, 0.15) is 62.3 Å². The van der Waals surface area contributed by atoms with E-state index < -0.39 is 30.0 Å². The Bertz CT molecular complexity index is 846. The zero-order valence-corrected chi connectivity index (χ0v) is 19.5. The molecule has 2 heterocycles. The molecule has 2 aliphatic rings. The molecule has 30 heavy (non-hydrogen) atoms. The zero-order chi connectivity index (χ0) is 22.6. The summed E-state index contributed by atoms with van der Waals surface area (Å²) in [4.78, 5) is 28.6. The summed E-state index contributed by atoms with van der Waals surface area (Å²) in [6.45, 7) is 17.3. The van der Waals surface area contributed by atoms with Crippen molar-refractivity contribution in [2.45, 2.75) is 85.2 Å². The number of carbonyl (C=O) groups excluding carboxylic acids is 2. The Hall–Kier alpha value is -2.06. The second-order valence-electron chi connectivity index (χ2n) is 10.2. The van der Waals surface area contributed by atoms with Gasteiger partial charge in [0.05, 0.1) is 28.6 Å². The average molecular weight is 416 g/mol. The van der Waals surface area contributed by atoms with E-state index in [1.165, 1.54) is 6.92 Å². The minimum Gasteiger partial charge on any atom is -0.443 e. The second kappa shape index (κ2) is 7.27. The summed E-state index contributed by atoms with van der Waals surface area (Å²) in [6, 6.07) is 5.43. The summed E-state index contributed by atoms with van der Waals surface area (Å²) in [6.07, 6.45) is -0.440. The van der Waals surface area contributed by atoms with E-state index in [-0.39, 0.29) is 11.9 Å². The second-order valence-corrected chi connectivity index (χ2v) is 10.2. The van der Waals surface area contributed by atoms with Crippen LogP contribution >= 0.6 is 0 Å². The minimum atomic E-state index is -0.623. The molecule has 1 saturated heterocycles. The molecule has 0 saturated carbocycles. The maximum absolute atomic E-state index is 13.0. The van der Waals surface area contributed by atoms with Crippen molar-refractivity contribution < 1.29 is 23.6 Å². The van der Waals surface area contributed by atoms with E-state index in [2.05, 4.69) is 0 Å². The van der Waals surface area contributed by atoms with Crippen molar-refractivity contribution in [3.05, 3.63) is 18.2 Å². The lowest BCUT2D eigenvalue weighted by atomic mass is 9.78. The number of carbonyl (C=O) groups is 2. The third-order valence-corrected chi connectivity index (χ3v) is 5.92. The third kappa shape index (κ3) is 4.07. The third-order valence-electron chi connectivity index (χ3n) is 5.92. The highest BCUT2D eigenvalue weighted by atomic mass is 16.7. The van der Waals surface area contributed by atoms with E-state index in [0.29, 0.717) is 17.9 Å². The molecule has 0 unspecified atom stereocenters. The summed E-state index contributed by atoms with van der Waals surface area (Å²) in [5.41, 5.74) is 0.509. The number of fused-ring (bicyclic) bond motifs is 1. The number of rotatable bonds is 1. The van der Waals surface area contributed by atoms with Crippen molar-refractivity contribution in [1.29, 1.82) is 0 Å². The first-order valence-corrected chi connectivity index (χ1v) is 10.4. The summed E-state index contributed by atoms with van der Waals surface area (Å²) < 4.78 is 18.0. The molecule has 0 radical (unpaired) electrons. The Morgan fingerprint density at radius 3 is 2.17 bits per heavy atom. The predicted octanol–water partition coefficient (Wildman–Crippen LogP) is 3.48. The molecule has 1 aromatic carbocycles. The number of nitrogens with zero attached hydrogens (tertiary/aromatic N) is 2. The molecule has 0 bridgehead atoms. The monoisotopic (exact) mass is 416 g/mol. The van der Waals surface area contributed by atoms with Crippen LogP contribution in [0.25, 0.3) is 0 Å². The molecule has 0 N–H and O–H groups in total. The van der Waals surface area contributed by atoms with Gasteiger partial charge in [0.15, 0.2) is 0 Å². The first kappa shape index (κ1) is 22.6. The Morgan fingerprint density at radius 2 is 1.67 bits per heavy atom. The average Bonchev–Trinajstić information content (AvgIpc) is 2.79. The molecule has 0 aromatic heterocycles. The maximum atomic E-state index is 13.0. The molecule has 3 rings (SSSR count). The van der Waals surface area contributed by atoms with E-state index in [1.54, 1.807) is 9.80 Å². The van der Waals surface area contributed by atoms with Gasteiger partial charge in [0.1, 0.15) is 5.60 Å². The quantitative estimate of drug-likeness (QED) is 0.656. The maximum Gasteiger partial charge on any atom is 0.494 e. The van der Waals surface area contributed by atoms with Gasteiger partial charge in [-0.15, -0.1) is 0 Å². The molecule has 164 valence electrons. The van der Waals surface area contributed by atoms with Crippen LogP contribution in [-0.4, -0.2) is 48.5 Å². The Morgan fingerprint density at radius 1 is 1.10 bits per heavy atom. The first-order valence-electron chi connectivity index (χ1n) is 10.4. The Labute approximate surface area is 179 Å². The van der Waals surface area contributed by atoms with Gasteiger partial charge in [-0.05, 0) is 73.0 Å². The standard InChI is InChI=1S/C22H33BN2O5/c1-14-13-24(19(27)28-20(3,4)5)18-12-16(10-11-17(18)25(14)15(2)26)23-29-21(6,7)22(8,9)30-23/h10-12,14H,13H2,1-9H3/t14-/m0/s1. The molecule has 7 nitrogen and oxygen atoms in total. The number of benzene rings is 1. The molecule has 0 spiro atoms. The van der Waals surface area contributed by atoms with Gasteiger partial charge < -0.3 is 18.9 Å². The molecule has 2 amide bonds. The first-order chi connectivity index (χ1) is 13.6. The van der Waals surface area contributed by atoms with Gasteiger partial charge >= 0.3 is 13.2 Å². The van der Waals surface area contributed by atoms with Gasteiger partial charge in [-0.1, -0.05) is 6.07 Å². The van der Waals surface area contributed by atoms with Crippen LogP contribution in [0.5, 0.6) is 0 Å². The van der Waals surface area contributed by atoms with Gasteiger partial charge in [-0.25, -0.2) is 4.79 Å². The molecule has 0 aliphatic carbocycles. The number of hydrogen-bond acceptors (Lipinski definition) is 5. The Balaban J connectivity index is 2.04. The summed E-state index contributed by atoms with van der Waals surface area (Å²) in [5, 5.41) is 0. The van der Waals surface area contributed by atoms with E-state index in [1.807, 2.05) is 73.6 Å². The highest BCUT2D eigenvalue weighted by molar-refractivity contribution is 6.62. The largest absolute Gasteiger partial charge is 0.494 e. The summed E-state index contributed by atoms with van der Waals surface area (Å²) in [5.74, 6) is -0.0732.